The Labute approximate surface area is 193 Å². The molecule has 150 valence electrons. The molecule has 0 bridgehead atoms. The Morgan fingerprint density at radius 3 is 2.50 bits per heavy atom. The molecule has 3 nitrogen and oxygen atoms in total. The van der Waals surface area contributed by atoms with Crippen LogP contribution in [0.25, 0.3) is 49.5 Å². The van der Waals surface area contributed by atoms with Crippen LogP contribution in [0.3, 0.4) is 0 Å². The Morgan fingerprint density at radius 2 is 1.62 bits per heavy atom. The average molecular weight is 474 g/mol. The molecule has 0 amide bonds. The fourth-order valence-electron chi connectivity index (χ4n) is 4.49. The number of rotatable bonds is 2. The summed E-state index contributed by atoms with van der Waals surface area (Å²) >= 11 is 3.55. The number of aromatic nitrogens is 2. The van der Waals surface area contributed by atoms with E-state index < -0.39 is 0 Å². The van der Waals surface area contributed by atoms with Gasteiger partial charge in [0, 0.05) is 38.1 Å². The molecule has 0 atom stereocenters. The van der Waals surface area contributed by atoms with Crippen LogP contribution in [-0.2, 0) is 0 Å². The maximum absolute atomic E-state index is 9.33. The summed E-state index contributed by atoms with van der Waals surface area (Å²) in [6, 6.07) is 33.4. The molecule has 0 spiro atoms. The van der Waals surface area contributed by atoms with Crippen LogP contribution in [0.4, 0.5) is 0 Å². The van der Waals surface area contributed by atoms with Crippen molar-refractivity contribution < 1.29 is 0 Å². The standard InChI is InChI=1S/C28H16BrN3/c29-24-15-21(13-12-19(24)16-30)32-26-10-4-2-7-23(26)28-22(8-5-11-27(28)32)20-14-18-6-1-3-9-25(18)31-17-20/h1-15,17H. The third-order valence-electron chi connectivity index (χ3n) is 5.93. The summed E-state index contributed by atoms with van der Waals surface area (Å²) in [6.45, 7) is 0. The van der Waals surface area contributed by atoms with E-state index in [-0.39, 0.29) is 0 Å². The van der Waals surface area contributed by atoms with Crippen LogP contribution in [0, 0.1) is 11.3 Å². The Morgan fingerprint density at radius 1 is 0.812 bits per heavy atom. The van der Waals surface area contributed by atoms with Crippen molar-refractivity contribution >= 4 is 48.6 Å². The topological polar surface area (TPSA) is 41.6 Å². The number of nitriles is 1. The molecule has 32 heavy (non-hydrogen) atoms. The van der Waals surface area contributed by atoms with Gasteiger partial charge in [0.2, 0.25) is 0 Å². The van der Waals surface area contributed by atoms with Gasteiger partial charge in [0.05, 0.1) is 22.1 Å². The van der Waals surface area contributed by atoms with Crippen LogP contribution in [0.5, 0.6) is 0 Å². The van der Waals surface area contributed by atoms with Crippen molar-refractivity contribution in [2.75, 3.05) is 0 Å². The molecule has 0 N–H and O–H groups in total. The highest BCUT2D eigenvalue weighted by Gasteiger charge is 2.16. The van der Waals surface area contributed by atoms with Gasteiger partial charge >= 0.3 is 0 Å². The molecule has 0 aliphatic carbocycles. The third-order valence-corrected chi connectivity index (χ3v) is 6.59. The van der Waals surface area contributed by atoms with Gasteiger partial charge in [-0.3, -0.25) is 4.98 Å². The highest BCUT2D eigenvalue weighted by molar-refractivity contribution is 9.10. The molecule has 6 aromatic rings. The Balaban J connectivity index is 1.69. The first kappa shape index (κ1) is 18.8. The SMILES string of the molecule is N#Cc1ccc(-n2c3ccccc3c3c(-c4cnc5ccccc5c4)cccc32)cc1Br. The van der Waals surface area contributed by atoms with Crippen LogP contribution in [0.1, 0.15) is 5.56 Å². The van der Waals surface area contributed by atoms with Crippen LogP contribution in [-0.4, -0.2) is 9.55 Å². The van der Waals surface area contributed by atoms with Crippen LogP contribution >= 0.6 is 15.9 Å². The van der Waals surface area contributed by atoms with E-state index in [4.69, 9.17) is 4.98 Å². The summed E-state index contributed by atoms with van der Waals surface area (Å²) < 4.78 is 3.05. The lowest BCUT2D eigenvalue weighted by Gasteiger charge is -2.10. The van der Waals surface area contributed by atoms with Crippen LogP contribution in [0.2, 0.25) is 0 Å². The summed E-state index contributed by atoms with van der Waals surface area (Å²) in [5.74, 6) is 0. The van der Waals surface area contributed by atoms with Crippen molar-refractivity contribution in [1.29, 1.82) is 5.26 Å². The van der Waals surface area contributed by atoms with E-state index >= 15 is 0 Å². The van der Waals surface area contributed by atoms with E-state index in [1.165, 1.54) is 10.8 Å². The minimum atomic E-state index is 0.623. The fraction of sp³-hybridized carbons (Fsp3) is 0. The van der Waals surface area contributed by atoms with E-state index in [0.29, 0.717) is 5.56 Å². The first-order valence-corrected chi connectivity index (χ1v) is 11.1. The molecule has 0 fully saturated rings. The van der Waals surface area contributed by atoms with E-state index in [1.54, 1.807) is 0 Å². The molecule has 0 saturated carbocycles. The summed E-state index contributed by atoms with van der Waals surface area (Å²) in [5.41, 5.74) is 7.12. The normalized spacial score (nSPS) is 11.2. The second-order valence-corrected chi connectivity index (χ2v) is 8.60. The molecule has 4 heteroatoms. The van der Waals surface area contributed by atoms with E-state index in [0.717, 1.165) is 43.2 Å². The Bertz CT molecular complexity index is 1710. The van der Waals surface area contributed by atoms with Crippen molar-refractivity contribution in [3.05, 3.63) is 107 Å². The first-order valence-electron chi connectivity index (χ1n) is 10.3. The molecule has 0 radical (unpaired) electrons. The van der Waals surface area contributed by atoms with Gasteiger partial charge in [0.25, 0.3) is 0 Å². The number of hydrogen-bond acceptors (Lipinski definition) is 2. The number of benzene rings is 4. The van der Waals surface area contributed by atoms with Gasteiger partial charge in [-0.05, 0) is 64.0 Å². The van der Waals surface area contributed by atoms with Crippen molar-refractivity contribution in [1.82, 2.24) is 9.55 Å². The summed E-state index contributed by atoms with van der Waals surface area (Å²) in [6.07, 6.45) is 1.96. The van der Waals surface area contributed by atoms with Gasteiger partial charge in [-0.15, -0.1) is 0 Å². The van der Waals surface area contributed by atoms with E-state index in [2.05, 4.69) is 81.2 Å². The Kier molecular flexibility index (Phi) is 4.31. The molecule has 2 heterocycles. The molecule has 6 rings (SSSR count). The molecule has 0 aliphatic rings. The molecular formula is C28H16BrN3. The maximum Gasteiger partial charge on any atom is 0.100 e. The number of para-hydroxylation sites is 2. The zero-order chi connectivity index (χ0) is 21.7. The lowest BCUT2D eigenvalue weighted by atomic mass is 9.99. The van der Waals surface area contributed by atoms with Crippen molar-refractivity contribution in [3.8, 4) is 22.9 Å². The number of fused-ring (bicyclic) bond motifs is 4. The number of halogens is 1. The molecule has 0 saturated heterocycles. The molecule has 0 aliphatic heterocycles. The molecule has 2 aromatic heterocycles. The smallest absolute Gasteiger partial charge is 0.100 e. The van der Waals surface area contributed by atoms with E-state index in [9.17, 15) is 5.26 Å². The number of nitrogens with zero attached hydrogens (tertiary/aromatic N) is 3. The van der Waals surface area contributed by atoms with Gasteiger partial charge in [0.15, 0.2) is 0 Å². The second kappa shape index (κ2) is 7.33. The quantitative estimate of drug-likeness (QED) is 0.259. The minimum Gasteiger partial charge on any atom is -0.309 e. The lowest BCUT2D eigenvalue weighted by Crippen LogP contribution is -1.94. The monoisotopic (exact) mass is 473 g/mol. The summed E-state index contributed by atoms with van der Waals surface area (Å²) in [5, 5.41) is 12.8. The summed E-state index contributed by atoms with van der Waals surface area (Å²) in [7, 11) is 0. The highest BCUT2D eigenvalue weighted by atomic mass is 79.9. The van der Waals surface area contributed by atoms with Crippen LogP contribution in [0.15, 0.2) is 102 Å². The minimum absolute atomic E-state index is 0.623. The van der Waals surface area contributed by atoms with Crippen molar-refractivity contribution in [2.24, 2.45) is 0 Å². The van der Waals surface area contributed by atoms with Gasteiger partial charge in [0.1, 0.15) is 6.07 Å². The van der Waals surface area contributed by atoms with Crippen molar-refractivity contribution in [3.63, 3.8) is 0 Å². The predicted molar refractivity (Wildman–Crippen MR) is 134 cm³/mol. The molecule has 0 unspecified atom stereocenters. The van der Waals surface area contributed by atoms with Crippen molar-refractivity contribution in [2.45, 2.75) is 0 Å². The predicted octanol–water partition coefficient (Wildman–Crippen LogP) is 7.63. The number of hydrogen-bond donors (Lipinski definition) is 0. The maximum atomic E-state index is 9.33. The van der Waals surface area contributed by atoms with Gasteiger partial charge < -0.3 is 4.57 Å². The van der Waals surface area contributed by atoms with Gasteiger partial charge in [-0.25, -0.2) is 0 Å². The molecular weight excluding hydrogens is 458 g/mol. The number of pyridine rings is 1. The van der Waals surface area contributed by atoms with Crippen LogP contribution < -0.4 is 0 Å². The lowest BCUT2D eigenvalue weighted by molar-refractivity contribution is 1.17. The first-order chi connectivity index (χ1) is 15.7. The highest BCUT2D eigenvalue weighted by Crippen LogP contribution is 2.39. The Hall–Kier alpha value is -3.94. The van der Waals surface area contributed by atoms with Gasteiger partial charge in [-0.1, -0.05) is 48.5 Å². The largest absolute Gasteiger partial charge is 0.309 e. The van der Waals surface area contributed by atoms with Gasteiger partial charge in [-0.2, -0.15) is 5.26 Å². The second-order valence-electron chi connectivity index (χ2n) is 7.74. The summed E-state index contributed by atoms with van der Waals surface area (Å²) in [4.78, 5) is 4.70. The zero-order valence-electron chi connectivity index (χ0n) is 17.0. The zero-order valence-corrected chi connectivity index (χ0v) is 18.5. The third kappa shape index (κ3) is 2.83. The van der Waals surface area contributed by atoms with E-state index in [1.807, 2.05) is 42.6 Å². The molecule has 4 aromatic carbocycles. The fourth-order valence-corrected chi connectivity index (χ4v) is 4.95. The average Bonchev–Trinajstić information content (AvgIpc) is 3.18.